The van der Waals surface area contributed by atoms with E-state index in [1.54, 1.807) is 54.6 Å². The first-order chi connectivity index (χ1) is 16.3. The molecule has 2 aliphatic rings. The Morgan fingerprint density at radius 1 is 1.00 bits per heavy atom. The third-order valence-electron chi connectivity index (χ3n) is 6.16. The van der Waals surface area contributed by atoms with Crippen LogP contribution in [-0.4, -0.2) is 63.9 Å². The second kappa shape index (κ2) is 9.44. The van der Waals surface area contributed by atoms with Crippen LogP contribution in [0.3, 0.4) is 0 Å². The van der Waals surface area contributed by atoms with E-state index in [9.17, 15) is 29.1 Å². The van der Waals surface area contributed by atoms with Gasteiger partial charge in [-0.1, -0.05) is 42.5 Å². The molecule has 2 aromatic carbocycles. The number of benzene rings is 2. The summed E-state index contributed by atoms with van der Waals surface area (Å²) in [4.78, 5) is 64.2. The van der Waals surface area contributed by atoms with E-state index >= 15 is 0 Å². The Kier molecular flexibility index (Phi) is 6.42. The largest absolute Gasteiger partial charge is 0.480 e. The van der Waals surface area contributed by atoms with E-state index in [0.29, 0.717) is 5.56 Å². The molecule has 4 amide bonds. The van der Waals surface area contributed by atoms with Crippen LogP contribution in [-0.2, 0) is 14.3 Å². The summed E-state index contributed by atoms with van der Waals surface area (Å²) in [6.45, 7) is -0.128. The number of carbonyl (C=O) groups excluding carboxylic acids is 4. The van der Waals surface area contributed by atoms with E-state index in [0.717, 1.165) is 9.80 Å². The average Bonchev–Trinajstić information content (AvgIpc) is 3.34. The molecule has 2 aliphatic heterocycles. The van der Waals surface area contributed by atoms with Gasteiger partial charge in [0.25, 0.3) is 11.8 Å². The zero-order chi connectivity index (χ0) is 24.4. The third-order valence-corrected chi connectivity index (χ3v) is 6.16. The average molecular weight is 465 g/mol. The van der Waals surface area contributed by atoms with E-state index < -0.39 is 47.8 Å². The molecule has 10 heteroatoms. The van der Waals surface area contributed by atoms with Crippen LogP contribution in [0.5, 0.6) is 0 Å². The maximum absolute atomic E-state index is 13.1. The number of carboxylic acid groups (broad SMARTS) is 1. The summed E-state index contributed by atoms with van der Waals surface area (Å²) in [7, 11) is 0. The van der Waals surface area contributed by atoms with E-state index in [4.69, 9.17) is 10.5 Å². The number of rotatable bonds is 8. The van der Waals surface area contributed by atoms with Crippen LogP contribution in [0.15, 0.2) is 54.6 Å². The van der Waals surface area contributed by atoms with Crippen molar-refractivity contribution in [1.29, 1.82) is 0 Å². The lowest BCUT2D eigenvalue weighted by atomic mass is 9.92. The fourth-order valence-electron chi connectivity index (χ4n) is 4.29. The van der Waals surface area contributed by atoms with E-state index in [1.165, 1.54) is 0 Å². The number of cyclic esters (lactones) is 1. The van der Waals surface area contributed by atoms with Crippen molar-refractivity contribution in [3.63, 3.8) is 0 Å². The molecule has 0 saturated carbocycles. The van der Waals surface area contributed by atoms with Crippen molar-refractivity contribution < 1.29 is 33.8 Å². The zero-order valence-corrected chi connectivity index (χ0v) is 18.1. The molecule has 34 heavy (non-hydrogen) atoms. The molecule has 2 heterocycles. The minimum atomic E-state index is -1.44. The third kappa shape index (κ3) is 4.27. The number of nitrogens with two attached hydrogens (primary N) is 1. The molecule has 4 rings (SSSR count). The van der Waals surface area contributed by atoms with Gasteiger partial charge in [-0.05, 0) is 30.0 Å². The Bertz CT molecular complexity index is 1120. The number of amides is 4. The van der Waals surface area contributed by atoms with Crippen molar-refractivity contribution in [1.82, 2.24) is 9.80 Å². The molecule has 1 saturated heterocycles. The van der Waals surface area contributed by atoms with E-state index in [1.807, 2.05) is 0 Å². The molecule has 3 N–H and O–H groups in total. The minimum Gasteiger partial charge on any atom is -0.480 e. The van der Waals surface area contributed by atoms with Gasteiger partial charge in [0.15, 0.2) is 0 Å². The monoisotopic (exact) mass is 465 g/mol. The van der Waals surface area contributed by atoms with Crippen LogP contribution in [0.4, 0.5) is 4.79 Å². The summed E-state index contributed by atoms with van der Waals surface area (Å²) in [6, 6.07) is 13.2. The molecule has 0 spiro atoms. The molecular formula is C24H23N3O7. The van der Waals surface area contributed by atoms with E-state index in [2.05, 4.69) is 0 Å². The van der Waals surface area contributed by atoms with Gasteiger partial charge in [-0.3, -0.25) is 24.1 Å². The van der Waals surface area contributed by atoms with Crippen molar-refractivity contribution in [2.75, 3.05) is 13.2 Å². The Labute approximate surface area is 194 Å². The van der Waals surface area contributed by atoms with Gasteiger partial charge in [-0.15, -0.1) is 0 Å². The molecule has 1 fully saturated rings. The number of aliphatic carboxylic acids is 1. The lowest BCUT2D eigenvalue weighted by Gasteiger charge is -2.26. The standard InChI is InChI=1S/C24H23N3O7/c25-20(23(31)32)15(10-11-26-21(29)16-8-4-5-9-17(16)22(26)30)12-19(28)27-18(13-34-24(27)33)14-6-2-1-3-7-14/h1-9,15,18,20H,10-13,25H2,(H,31,32)/t15-,18+,20-/m0/s1. The summed E-state index contributed by atoms with van der Waals surface area (Å²) >= 11 is 0. The molecule has 0 unspecified atom stereocenters. The molecule has 0 aliphatic carbocycles. The highest BCUT2D eigenvalue weighted by molar-refractivity contribution is 6.21. The molecule has 2 aromatic rings. The number of nitrogens with zero attached hydrogens (tertiary/aromatic N) is 2. The maximum Gasteiger partial charge on any atom is 0.417 e. The summed E-state index contributed by atoms with van der Waals surface area (Å²) in [5, 5.41) is 9.46. The van der Waals surface area contributed by atoms with Crippen molar-refractivity contribution in [2.45, 2.75) is 24.9 Å². The molecule has 0 bridgehead atoms. The van der Waals surface area contributed by atoms with Gasteiger partial charge in [0.2, 0.25) is 5.91 Å². The predicted molar refractivity (Wildman–Crippen MR) is 118 cm³/mol. The van der Waals surface area contributed by atoms with Crippen molar-refractivity contribution in [2.24, 2.45) is 11.7 Å². The SMILES string of the molecule is N[C@H](C(=O)O)[C@@H](CCN1C(=O)c2ccccc2C1=O)CC(=O)N1C(=O)OC[C@@H]1c1ccccc1. The highest BCUT2D eigenvalue weighted by atomic mass is 16.6. The summed E-state index contributed by atoms with van der Waals surface area (Å²) in [5.41, 5.74) is 7.10. The number of carboxylic acids is 1. The highest BCUT2D eigenvalue weighted by Gasteiger charge is 2.41. The summed E-state index contributed by atoms with van der Waals surface area (Å²) < 4.78 is 5.07. The van der Waals surface area contributed by atoms with Gasteiger partial charge >= 0.3 is 12.1 Å². The van der Waals surface area contributed by atoms with Gasteiger partial charge in [0.05, 0.1) is 11.1 Å². The molecule has 10 nitrogen and oxygen atoms in total. The van der Waals surface area contributed by atoms with Crippen LogP contribution in [0.1, 0.15) is 45.2 Å². The lowest BCUT2D eigenvalue weighted by molar-refractivity contribution is -0.140. The predicted octanol–water partition coefficient (Wildman–Crippen LogP) is 1.81. The number of hydrogen-bond acceptors (Lipinski definition) is 7. The topological polar surface area (TPSA) is 147 Å². The number of imide groups is 2. The van der Waals surface area contributed by atoms with Gasteiger partial charge in [-0.25, -0.2) is 9.69 Å². The normalized spacial score (nSPS) is 19.1. The molecule has 0 radical (unpaired) electrons. The first kappa shape index (κ1) is 23.1. The minimum absolute atomic E-state index is 0.0146. The fourth-order valence-corrected chi connectivity index (χ4v) is 4.29. The van der Waals surface area contributed by atoms with Crippen molar-refractivity contribution >= 4 is 29.8 Å². The maximum atomic E-state index is 13.1. The van der Waals surface area contributed by atoms with E-state index in [-0.39, 0.29) is 37.1 Å². The van der Waals surface area contributed by atoms with Gasteiger partial charge in [0.1, 0.15) is 18.7 Å². The lowest BCUT2D eigenvalue weighted by Crippen LogP contribution is -2.44. The Morgan fingerprint density at radius 3 is 2.18 bits per heavy atom. The Morgan fingerprint density at radius 2 is 1.59 bits per heavy atom. The highest BCUT2D eigenvalue weighted by Crippen LogP contribution is 2.30. The first-order valence-corrected chi connectivity index (χ1v) is 10.8. The summed E-state index contributed by atoms with van der Waals surface area (Å²) in [6.07, 6.45) is -1.21. The quantitative estimate of drug-likeness (QED) is 0.561. The van der Waals surface area contributed by atoms with Crippen LogP contribution >= 0.6 is 0 Å². The number of fused-ring (bicyclic) bond motifs is 1. The van der Waals surface area contributed by atoms with Crippen molar-refractivity contribution in [3.8, 4) is 0 Å². The van der Waals surface area contributed by atoms with Gasteiger partial charge in [-0.2, -0.15) is 0 Å². The smallest absolute Gasteiger partial charge is 0.417 e. The van der Waals surface area contributed by atoms with Crippen LogP contribution < -0.4 is 5.73 Å². The van der Waals surface area contributed by atoms with Crippen LogP contribution in [0.2, 0.25) is 0 Å². The molecule has 0 aromatic heterocycles. The van der Waals surface area contributed by atoms with Crippen LogP contribution in [0, 0.1) is 5.92 Å². The summed E-state index contributed by atoms with van der Waals surface area (Å²) in [5.74, 6) is -3.87. The fraction of sp³-hybridized carbons (Fsp3) is 0.292. The number of ether oxygens (including phenoxy) is 1. The van der Waals surface area contributed by atoms with Crippen LogP contribution in [0.25, 0.3) is 0 Å². The number of hydrogen-bond donors (Lipinski definition) is 2. The van der Waals surface area contributed by atoms with Gasteiger partial charge in [0, 0.05) is 13.0 Å². The molecule has 3 atom stereocenters. The zero-order valence-electron chi connectivity index (χ0n) is 18.1. The van der Waals surface area contributed by atoms with Gasteiger partial charge < -0.3 is 15.6 Å². The molecular weight excluding hydrogens is 442 g/mol. The Balaban J connectivity index is 1.49. The van der Waals surface area contributed by atoms with Crippen molar-refractivity contribution in [3.05, 3.63) is 71.3 Å². The Hall–Kier alpha value is -4.05. The molecule has 176 valence electrons. The second-order valence-corrected chi connectivity index (χ2v) is 8.19. The first-order valence-electron chi connectivity index (χ1n) is 10.8. The number of carbonyl (C=O) groups is 5. The second-order valence-electron chi connectivity index (χ2n) is 8.19.